The lowest BCUT2D eigenvalue weighted by molar-refractivity contribution is 0.0526. The molecule has 0 aromatic carbocycles. The van der Waals surface area contributed by atoms with E-state index in [1.165, 1.54) is 12.8 Å². The molecule has 110 valence electrons. The van der Waals surface area contributed by atoms with Crippen molar-refractivity contribution in [2.24, 2.45) is 0 Å². The largest absolute Gasteiger partial charge is 0.462 e. The second kappa shape index (κ2) is 6.59. The fourth-order valence-corrected chi connectivity index (χ4v) is 2.86. The summed E-state index contributed by atoms with van der Waals surface area (Å²) in [7, 11) is 0. The number of nitrogens with two attached hydrogens (primary N) is 1. The van der Waals surface area contributed by atoms with Crippen LogP contribution in [0.1, 0.15) is 49.9 Å². The first-order valence-electron chi connectivity index (χ1n) is 7.36. The molecule has 1 aromatic heterocycles. The highest BCUT2D eigenvalue weighted by Crippen LogP contribution is 2.30. The van der Waals surface area contributed by atoms with Crippen LogP contribution >= 0.6 is 0 Å². The minimum absolute atomic E-state index is 0.348. The molecule has 0 radical (unpaired) electrons. The molecule has 20 heavy (non-hydrogen) atoms. The zero-order chi connectivity index (χ0) is 14.5. The van der Waals surface area contributed by atoms with Crippen molar-refractivity contribution in [1.82, 2.24) is 4.98 Å². The first kappa shape index (κ1) is 14.6. The second-order valence-electron chi connectivity index (χ2n) is 5.08. The molecule has 0 saturated heterocycles. The van der Waals surface area contributed by atoms with Gasteiger partial charge in [-0.25, -0.2) is 9.78 Å². The van der Waals surface area contributed by atoms with Gasteiger partial charge in [-0.3, -0.25) is 0 Å². The van der Waals surface area contributed by atoms with Gasteiger partial charge in [0.2, 0.25) is 0 Å². The molecule has 1 aliphatic rings. The standard InChI is InChI=1S/C15H23N3O2/c1-3-18(12-7-5-6-8-12)14-13(15(19)20-4-2)9-11(16)10-17-14/h9-10,12H,3-8,16H2,1-2H3. The van der Waals surface area contributed by atoms with Gasteiger partial charge in [-0.05, 0) is 32.8 Å². The quantitative estimate of drug-likeness (QED) is 0.838. The third-order valence-electron chi connectivity index (χ3n) is 3.76. The van der Waals surface area contributed by atoms with Crippen LogP contribution in [0.15, 0.2) is 12.3 Å². The lowest BCUT2D eigenvalue weighted by atomic mass is 10.1. The molecule has 0 atom stereocenters. The van der Waals surface area contributed by atoms with Crippen LogP contribution in [-0.4, -0.2) is 30.1 Å². The van der Waals surface area contributed by atoms with E-state index in [0.29, 0.717) is 29.7 Å². The number of ether oxygens (including phenoxy) is 1. The Balaban J connectivity index is 2.35. The molecule has 2 N–H and O–H groups in total. The summed E-state index contributed by atoms with van der Waals surface area (Å²) >= 11 is 0. The van der Waals surface area contributed by atoms with Crippen molar-refractivity contribution in [3.8, 4) is 0 Å². The molecular formula is C15H23N3O2. The Bertz CT molecular complexity index is 470. The summed E-state index contributed by atoms with van der Waals surface area (Å²) in [5.41, 5.74) is 6.73. The number of rotatable bonds is 5. The monoisotopic (exact) mass is 277 g/mol. The van der Waals surface area contributed by atoms with E-state index in [1.807, 2.05) is 0 Å². The average Bonchev–Trinajstić information content (AvgIpc) is 2.95. The fourth-order valence-electron chi connectivity index (χ4n) is 2.86. The van der Waals surface area contributed by atoms with Crippen molar-refractivity contribution in [1.29, 1.82) is 0 Å². The molecule has 2 rings (SSSR count). The van der Waals surface area contributed by atoms with E-state index in [9.17, 15) is 4.79 Å². The molecule has 0 unspecified atom stereocenters. The maximum atomic E-state index is 12.1. The van der Waals surface area contributed by atoms with Gasteiger partial charge in [-0.1, -0.05) is 12.8 Å². The molecule has 1 aliphatic carbocycles. The maximum absolute atomic E-state index is 12.1. The van der Waals surface area contributed by atoms with Gasteiger partial charge in [0.1, 0.15) is 11.4 Å². The first-order valence-corrected chi connectivity index (χ1v) is 7.36. The SMILES string of the molecule is CCOC(=O)c1cc(N)cnc1N(CC)C1CCCC1. The first-order chi connectivity index (χ1) is 9.67. The van der Waals surface area contributed by atoms with Crippen LogP contribution in [0.5, 0.6) is 0 Å². The molecular weight excluding hydrogens is 254 g/mol. The van der Waals surface area contributed by atoms with Crippen LogP contribution in [0.25, 0.3) is 0 Å². The summed E-state index contributed by atoms with van der Waals surface area (Å²) in [6.07, 6.45) is 6.40. The number of anilines is 2. The molecule has 1 heterocycles. The molecule has 5 nitrogen and oxygen atoms in total. The fraction of sp³-hybridized carbons (Fsp3) is 0.600. The molecule has 1 saturated carbocycles. The normalized spacial score (nSPS) is 15.3. The van der Waals surface area contributed by atoms with Crippen LogP contribution in [-0.2, 0) is 4.74 Å². The highest BCUT2D eigenvalue weighted by atomic mass is 16.5. The number of esters is 1. The number of nitrogen functional groups attached to an aromatic ring is 1. The van der Waals surface area contributed by atoms with Gasteiger partial charge in [-0.15, -0.1) is 0 Å². The van der Waals surface area contributed by atoms with Crippen molar-refractivity contribution in [3.05, 3.63) is 17.8 Å². The highest BCUT2D eigenvalue weighted by molar-refractivity contribution is 5.95. The smallest absolute Gasteiger partial charge is 0.341 e. The van der Waals surface area contributed by atoms with Gasteiger partial charge in [0.25, 0.3) is 0 Å². The highest BCUT2D eigenvalue weighted by Gasteiger charge is 2.26. The number of hydrogen-bond donors (Lipinski definition) is 1. The van der Waals surface area contributed by atoms with E-state index in [0.717, 1.165) is 19.4 Å². The van der Waals surface area contributed by atoms with Crippen molar-refractivity contribution in [2.75, 3.05) is 23.8 Å². The second-order valence-corrected chi connectivity index (χ2v) is 5.08. The number of carbonyl (C=O) groups excluding carboxylic acids is 1. The van der Waals surface area contributed by atoms with E-state index in [4.69, 9.17) is 10.5 Å². The lowest BCUT2D eigenvalue weighted by Gasteiger charge is -2.30. The third-order valence-corrected chi connectivity index (χ3v) is 3.76. The molecule has 5 heteroatoms. The molecule has 0 aliphatic heterocycles. The van der Waals surface area contributed by atoms with E-state index in [-0.39, 0.29) is 5.97 Å². The average molecular weight is 277 g/mol. The molecule has 0 amide bonds. The summed E-state index contributed by atoms with van der Waals surface area (Å²) in [6, 6.07) is 2.13. The van der Waals surface area contributed by atoms with Crippen LogP contribution in [0.2, 0.25) is 0 Å². The summed E-state index contributed by atoms with van der Waals surface area (Å²) in [5.74, 6) is 0.353. The number of pyridine rings is 1. The minimum Gasteiger partial charge on any atom is -0.462 e. The Hall–Kier alpha value is -1.78. The van der Waals surface area contributed by atoms with Crippen molar-refractivity contribution >= 4 is 17.5 Å². The van der Waals surface area contributed by atoms with Crippen molar-refractivity contribution < 1.29 is 9.53 Å². The van der Waals surface area contributed by atoms with Crippen LogP contribution < -0.4 is 10.6 Å². The van der Waals surface area contributed by atoms with E-state index in [1.54, 1.807) is 19.2 Å². The number of carbonyl (C=O) groups is 1. The Labute approximate surface area is 120 Å². The topological polar surface area (TPSA) is 68.5 Å². The van der Waals surface area contributed by atoms with Crippen LogP contribution in [0, 0.1) is 0 Å². The van der Waals surface area contributed by atoms with Crippen LogP contribution in [0.4, 0.5) is 11.5 Å². The van der Waals surface area contributed by atoms with Crippen molar-refractivity contribution in [2.45, 2.75) is 45.6 Å². The zero-order valence-corrected chi connectivity index (χ0v) is 12.3. The van der Waals surface area contributed by atoms with E-state index >= 15 is 0 Å². The number of aromatic nitrogens is 1. The van der Waals surface area contributed by atoms with Gasteiger partial charge in [0, 0.05) is 12.6 Å². The number of hydrogen-bond acceptors (Lipinski definition) is 5. The zero-order valence-electron chi connectivity index (χ0n) is 12.3. The van der Waals surface area contributed by atoms with Gasteiger partial charge in [-0.2, -0.15) is 0 Å². The minimum atomic E-state index is -0.348. The van der Waals surface area contributed by atoms with Gasteiger partial charge < -0.3 is 15.4 Å². The van der Waals surface area contributed by atoms with E-state index < -0.39 is 0 Å². The van der Waals surface area contributed by atoms with Gasteiger partial charge in [0.05, 0.1) is 18.5 Å². The third kappa shape index (κ3) is 3.03. The van der Waals surface area contributed by atoms with E-state index in [2.05, 4.69) is 16.8 Å². The number of nitrogens with zero attached hydrogens (tertiary/aromatic N) is 2. The van der Waals surface area contributed by atoms with Gasteiger partial charge in [0.15, 0.2) is 0 Å². The van der Waals surface area contributed by atoms with Gasteiger partial charge >= 0.3 is 5.97 Å². The van der Waals surface area contributed by atoms with Crippen molar-refractivity contribution in [3.63, 3.8) is 0 Å². The molecule has 1 fully saturated rings. The summed E-state index contributed by atoms with van der Waals surface area (Å²) < 4.78 is 5.12. The Morgan fingerprint density at radius 1 is 1.45 bits per heavy atom. The molecule has 1 aromatic rings. The summed E-state index contributed by atoms with van der Waals surface area (Å²) in [4.78, 5) is 18.7. The Morgan fingerprint density at radius 2 is 2.15 bits per heavy atom. The Morgan fingerprint density at radius 3 is 2.75 bits per heavy atom. The molecule has 0 bridgehead atoms. The Kier molecular flexibility index (Phi) is 4.82. The predicted molar refractivity (Wildman–Crippen MR) is 79.9 cm³/mol. The summed E-state index contributed by atoms with van der Waals surface area (Å²) in [5, 5.41) is 0. The lowest BCUT2D eigenvalue weighted by Crippen LogP contribution is -2.35. The maximum Gasteiger partial charge on any atom is 0.341 e. The molecule has 0 spiro atoms. The van der Waals surface area contributed by atoms with Crippen LogP contribution in [0.3, 0.4) is 0 Å². The predicted octanol–water partition coefficient (Wildman–Crippen LogP) is 2.61. The summed E-state index contributed by atoms with van der Waals surface area (Å²) in [6.45, 7) is 5.06.